The van der Waals surface area contributed by atoms with Gasteiger partial charge in [0.15, 0.2) is 6.10 Å². The van der Waals surface area contributed by atoms with Gasteiger partial charge in [0, 0.05) is 22.8 Å². The fraction of sp³-hybridized carbons (Fsp3) is 0.154. The standard InChI is InChI=1S/C26H22N4O3S/c1-16-6-9-19(10-7-16)28-24(31)14-30-22-13-18(8-11-23(22)33-17(2)26(30)32)21-15-34-25(29-21)20-5-3-4-12-27-20/h3-13,15,17H,14H2,1-2H3,(H,28,31). The van der Waals surface area contributed by atoms with Gasteiger partial charge in [-0.2, -0.15) is 0 Å². The average molecular weight is 471 g/mol. The SMILES string of the molecule is Cc1ccc(NC(=O)CN2C(=O)C(C)Oc3ccc(-c4csc(-c5ccccn5)n4)cc32)cc1. The van der Waals surface area contributed by atoms with Crippen molar-refractivity contribution >= 4 is 34.5 Å². The van der Waals surface area contributed by atoms with E-state index in [2.05, 4.69) is 10.3 Å². The number of amides is 2. The third-order valence-electron chi connectivity index (χ3n) is 5.49. The number of carbonyl (C=O) groups excluding carboxylic acids is 2. The molecule has 2 aromatic heterocycles. The van der Waals surface area contributed by atoms with Crippen molar-refractivity contribution in [1.29, 1.82) is 0 Å². The Morgan fingerprint density at radius 3 is 2.71 bits per heavy atom. The summed E-state index contributed by atoms with van der Waals surface area (Å²) in [4.78, 5) is 36.3. The molecule has 2 aromatic carbocycles. The van der Waals surface area contributed by atoms with E-state index in [9.17, 15) is 9.59 Å². The maximum absolute atomic E-state index is 13.0. The van der Waals surface area contributed by atoms with E-state index >= 15 is 0 Å². The van der Waals surface area contributed by atoms with Crippen LogP contribution >= 0.6 is 11.3 Å². The molecule has 0 saturated carbocycles. The number of pyridine rings is 1. The van der Waals surface area contributed by atoms with Crippen LogP contribution in [0.15, 0.2) is 72.2 Å². The van der Waals surface area contributed by atoms with Crippen LogP contribution in [0.2, 0.25) is 0 Å². The van der Waals surface area contributed by atoms with E-state index in [1.807, 2.05) is 73.0 Å². The van der Waals surface area contributed by atoms with Crippen molar-refractivity contribution in [2.75, 3.05) is 16.8 Å². The number of hydrogen-bond donors (Lipinski definition) is 1. The number of nitrogens with zero attached hydrogens (tertiary/aromatic N) is 3. The lowest BCUT2D eigenvalue weighted by Crippen LogP contribution is -2.47. The Balaban J connectivity index is 1.42. The summed E-state index contributed by atoms with van der Waals surface area (Å²) < 4.78 is 5.80. The predicted molar refractivity (Wildman–Crippen MR) is 133 cm³/mol. The molecule has 5 rings (SSSR count). The fourth-order valence-electron chi connectivity index (χ4n) is 3.72. The van der Waals surface area contributed by atoms with Gasteiger partial charge in [-0.1, -0.05) is 23.8 Å². The van der Waals surface area contributed by atoms with E-state index < -0.39 is 6.10 Å². The molecule has 0 aliphatic carbocycles. The number of carbonyl (C=O) groups is 2. The average Bonchev–Trinajstić information content (AvgIpc) is 3.34. The zero-order chi connectivity index (χ0) is 23.7. The molecule has 0 fully saturated rings. The Kier molecular flexibility index (Phi) is 5.81. The summed E-state index contributed by atoms with van der Waals surface area (Å²) in [5.74, 6) is 0.00377. The summed E-state index contributed by atoms with van der Waals surface area (Å²) in [5, 5.41) is 5.62. The van der Waals surface area contributed by atoms with Gasteiger partial charge in [0.1, 0.15) is 17.3 Å². The third-order valence-corrected chi connectivity index (χ3v) is 6.35. The first-order valence-electron chi connectivity index (χ1n) is 10.8. The van der Waals surface area contributed by atoms with Gasteiger partial charge in [0.2, 0.25) is 5.91 Å². The zero-order valence-corrected chi connectivity index (χ0v) is 19.5. The van der Waals surface area contributed by atoms with Gasteiger partial charge < -0.3 is 10.1 Å². The highest BCUT2D eigenvalue weighted by Crippen LogP contribution is 2.38. The number of ether oxygens (including phenoxy) is 1. The Hall–Kier alpha value is -4.04. The van der Waals surface area contributed by atoms with Crippen LogP contribution in [0.25, 0.3) is 22.0 Å². The predicted octanol–water partition coefficient (Wildman–Crippen LogP) is 4.93. The van der Waals surface area contributed by atoms with Crippen LogP contribution in [-0.2, 0) is 9.59 Å². The molecule has 1 aliphatic rings. The normalized spacial score (nSPS) is 14.9. The lowest BCUT2D eigenvalue weighted by molar-refractivity contribution is -0.127. The zero-order valence-electron chi connectivity index (χ0n) is 18.7. The van der Waals surface area contributed by atoms with Gasteiger partial charge in [-0.25, -0.2) is 4.98 Å². The topological polar surface area (TPSA) is 84.4 Å². The van der Waals surface area contributed by atoms with Crippen LogP contribution in [0.4, 0.5) is 11.4 Å². The Morgan fingerprint density at radius 2 is 1.94 bits per heavy atom. The summed E-state index contributed by atoms with van der Waals surface area (Å²) in [7, 11) is 0. The molecule has 0 radical (unpaired) electrons. The third kappa shape index (κ3) is 4.40. The molecule has 8 heteroatoms. The molecular weight excluding hydrogens is 448 g/mol. The van der Waals surface area contributed by atoms with Gasteiger partial charge in [-0.15, -0.1) is 11.3 Å². The number of nitrogens with one attached hydrogen (secondary N) is 1. The molecule has 170 valence electrons. The molecule has 2 amide bonds. The van der Waals surface area contributed by atoms with Crippen molar-refractivity contribution in [1.82, 2.24) is 9.97 Å². The first kappa shape index (κ1) is 21.8. The lowest BCUT2D eigenvalue weighted by Gasteiger charge is -2.32. The van der Waals surface area contributed by atoms with Gasteiger partial charge in [0.05, 0.1) is 17.1 Å². The van der Waals surface area contributed by atoms with Gasteiger partial charge in [-0.05, 0) is 56.3 Å². The van der Waals surface area contributed by atoms with E-state index in [-0.39, 0.29) is 18.4 Å². The highest BCUT2D eigenvalue weighted by molar-refractivity contribution is 7.13. The van der Waals surface area contributed by atoms with Crippen LogP contribution in [0.3, 0.4) is 0 Å². The minimum atomic E-state index is -0.680. The van der Waals surface area contributed by atoms with Crippen molar-refractivity contribution in [3.8, 4) is 27.7 Å². The molecule has 34 heavy (non-hydrogen) atoms. The number of anilines is 2. The maximum atomic E-state index is 13.0. The second kappa shape index (κ2) is 9.07. The summed E-state index contributed by atoms with van der Waals surface area (Å²) in [6.07, 6.45) is 1.06. The largest absolute Gasteiger partial charge is 0.479 e. The van der Waals surface area contributed by atoms with Crippen LogP contribution in [0, 0.1) is 6.92 Å². The van der Waals surface area contributed by atoms with Gasteiger partial charge >= 0.3 is 0 Å². The number of aryl methyl sites for hydroxylation is 1. The maximum Gasteiger partial charge on any atom is 0.268 e. The number of aromatic nitrogens is 2. The molecule has 4 aromatic rings. The monoisotopic (exact) mass is 470 g/mol. The number of fused-ring (bicyclic) bond motifs is 1. The van der Waals surface area contributed by atoms with Crippen LogP contribution in [-0.4, -0.2) is 34.4 Å². The van der Waals surface area contributed by atoms with E-state index in [1.54, 1.807) is 13.1 Å². The molecule has 0 saturated heterocycles. The van der Waals surface area contributed by atoms with E-state index in [0.29, 0.717) is 17.1 Å². The molecule has 7 nitrogen and oxygen atoms in total. The Labute approximate surface area is 201 Å². The first-order chi connectivity index (χ1) is 16.5. The molecule has 0 bridgehead atoms. The minimum Gasteiger partial charge on any atom is -0.479 e. The van der Waals surface area contributed by atoms with Crippen molar-refractivity contribution in [2.24, 2.45) is 0 Å². The molecule has 1 unspecified atom stereocenters. The molecule has 1 atom stereocenters. The van der Waals surface area contributed by atoms with Gasteiger partial charge in [0.25, 0.3) is 5.91 Å². The van der Waals surface area contributed by atoms with Crippen molar-refractivity contribution < 1.29 is 14.3 Å². The summed E-state index contributed by atoms with van der Waals surface area (Å²) >= 11 is 1.50. The molecular formula is C26H22N4O3S. The van der Waals surface area contributed by atoms with Crippen LogP contribution in [0.1, 0.15) is 12.5 Å². The minimum absolute atomic E-state index is 0.118. The van der Waals surface area contributed by atoms with Gasteiger partial charge in [-0.3, -0.25) is 19.5 Å². The van der Waals surface area contributed by atoms with Crippen LogP contribution in [0.5, 0.6) is 5.75 Å². The molecule has 0 spiro atoms. The molecule has 1 N–H and O–H groups in total. The summed E-state index contributed by atoms with van der Waals surface area (Å²) in [5.41, 5.74) is 4.73. The summed E-state index contributed by atoms with van der Waals surface area (Å²) in [6, 6.07) is 18.8. The quantitative estimate of drug-likeness (QED) is 0.447. The Bertz CT molecular complexity index is 1350. The lowest BCUT2D eigenvalue weighted by atomic mass is 10.1. The highest BCUT2D eigenvalue weighted by Gasteiger charge is 2.33. The second-order valence-corrected chi connectivity index (χ2v) is 8.89. The Morgan fingerprint density at radius 1 is 1.12 bits per heavy atom. The van der Waals surface area contributed by atoms with Crippen LogP contribution < -0.4 is 15.0 Å². The van der Waals surface area contributed by atoms with E-state index in [1.165, 1.54) is 16.2 Å². The second-order valence-electron chi connectivity index (χ2n) is 8.03. The van der Waals surface area contributed by atoms with Crippen molar-refractivity contribution in [3.05, 3.63) is 77.8 Å². The van der Waals surface area contributed by atoms with E-state index in [4.69, 9.17) is 9.72 Å². The number of rotatable bonds is 5. The highest BCUT2D eigenvalue weighted by atomic mass is 32.1. The molecule has 1 aliphatic heterocycles. The summed E-state index contributed by atoms with van der Waals surface area (Å²) in [6.45, 7) is 3.55. The first-order valence-corrected chi connectivity index (χ1v) is 11.7. The smallest absolute Gasteiger partial charge is 0.268 e. The number of benzene rings is 2. The molecule has 3 heterocycles. The van der Waals surface area contributed by atoms with Crippen molar-refractivity contribution in [3.63, 3.8) is 0 Å². The number of thiazole rings is 1. The fourth-order valence-corrected chi connectivity index (χ4v) is 4.53. The van der Waals surface area contributed by atoms with E-state index in [0.717, 1.165) is 27.5 Å². The van der Waals surface area contributed by atoms with Crippen molar-refractivity contribution in [2.45, 2.75) is 20.0 Å². The number of hydrogen-bond acceptors (Lipinski definition) is 6.